The summed E-state index contributed by atoms with van der Waals surface area (Å²) >= 11 is 1.68. The van der Waals surface area contributed by atoms with E-state index in [2.05, 4.69) is 59.2 Å². The second-order valence-electron chi connectivity index (χ2n) is 4.33. The second kappa shape index (κ2) is 5.01. The number of rotatable bonds is 3. The monoisotopic (exact) mass is 270 g/mol. The Labute approximate surface area is 115 Å². The van der Waals surface area contributed by atoms with Crippen molar-refractivity contribution >= 4 is 17.5 Å². The van der Waals surface area contributed by atoms with Gasteiger partial charge in [-0.1, -0.05) is 36.4 Å². The van der Waals surface area contributed by atoms with Gasteiger partial charge >= 0.3 is 0 Å². The molecule has 2 aromatic heterocycles. The van der Waals surface area contributed by atoms with Crippen LogP contribution in [0.25, 0.3) is 5.78 Å². The molecule has 0 unspecified atom stereocenters. The van der Waals surface area contributed by atoms with Crippen LogP contribution in [0.3, 0.4) is 0 Å². The Balaban J connectivity index is 2.03. The molecule has 3 rings (SSSR count). The number of aromatic nitrogens is 4. The highest BCUT2D eigenvalue weighted by molar-refractivity contribution is 7.99. The molecule has 0 N–H and O–H groups in total. The largest absolute Gasteiger partial charge is 0.253 e. The van der Waals surface area contributed by atoms with Crippen molar-refractivity contribution in [2.45, 2.75) is 30.2 Å². The van der Waals surface area contributed by atoms with Gasteiger partial charge in [-0.15, -0.1) is 0 Å². The van der Waals surface area contributed by atoms with Gasteiger partial charge in [0.2, 0.25) is 0 Å². The number of fused-ring (bicyclic) bond motifs is 1. The number of hydrogen-bond donors (Lipinski definition) is 0. The lowest BCUT2D eigenvalue weighted by molar-refractivity contribution is 0.822. The van der Waals surface area contributed by atoms with Gasteiger partial charge in [0, 0.05) is 10.6 Å². The number of nitrogens with zero attached hydrogens (tertiary/aromatic N) is 4. The van der Waals surface area contributed by atoms with Gasteiger partial charge in [0.15, 0.2) is 0 Å². The molecular formula is C14H14N4S. The lowest BCUT2D eigenvalue weighted by Gasteiger charge is -2.06. The van der Waals surface area contributed by atoms with Gasteiger partial charge in [0.25, 0.3) is 5.78 Å². The van der Waals surface area contributed by atoms with Crippen molar-refractivity contribution in [1.82, 2.24) is 19.6 Å². The van der Waals surface area contributed by atoms with Crippen LogP contribution >= 0.6 is 11.8 Å². The molecule has 0 atom stereocenters. The van der Waals surface area contributed by atoms with E-state index in [1.54, 1.807) is 22.6 Å². The van der Waals surface area contributed by atoms with Crippen LogP contribution in [0.15, 0.2) is 46.6 Å². The summed E-state index contributed by atoms with van der Waals surface area (Å²) in [6, 6.07) is 10.5. The van der Waals surface area contributed by atoms with Crippen molar-refractivity contribution in [3.05, 3.63) is 47.9 Å². The first-order valence-corrected chi connectivity index (χ1v) is 7.02. The van der Waals surface area contributed by atoms with E-state index in [1.165, 1.54) is 10.5 Å². The topological polar surface area (TPSA) is 43.1 Å². The first kappa shape index (κ1) is 12.2. The normalized spacial score (nSPS) is 11.1. The molecule has 0 saturated carbocycles. The molecular weight excluding hydrogens is 256 g/mol. The Morgan fingerprint density at radius 2 is 2.00 bits per heavy atom. The molecule has 5 heteroatoms. The van der Waals surface area contributed by atoms with E-state index < -0.39 is 0 Å². The van der Waals surface area contributed by atoms with E-state index in [-0.39, 0.29) is 0 Å². The van der Waals surface area contributed by atoms with E-state index in [0.29, 0.717) is 5.78 Å². The molecule has 4 nitrogen and oxygen atoms in total. The van der Waals surface area contributed by atoms with Crippen molar-refractivity contribution < 1.29 is 0 Å². The van der Waals surface area contributed by atoms with Crippen molar-refractivity contribution in [2.24, 2.45) is 0 Å². The zero-order chi connectivity index (χ0) is 13.2. The fourth-order valence-electron chi connectivity index (χ4n) is 1.81. The fraction of sp³-hybridized carbons (Fsp3) is 0.214. The maximum atomic E-state index is 4.45. The van der Waals surface area contributed by atoms with Crippen LogP contribution < -0.4 is 0 Å². The summed E-state index contributed by atoms with van der Waals surface area (Å²) in [5.41, 5.74) is 2.30. The average molecular weight is 270 g/mol. The van der Waals surface area contributed by atoms with Crippen LogP contribution in [0.5, 0.6) is 0 Å². The molecule has 0 fully saturated rings. The van der Waals surface area contributed by atoms with Gasteiger partial charge in [-0.05, 0) is 31.5 Å². The zero-order valence-corrected chi connectivity index (χ0v) is 11.7. The van der Waals surface area contributed by atoms with Gasteiger partial charge in [-0.25, -0.2) is 4.98 Å². The third-order valence-corrected chi connectivity index (χ3v) is 3.89. The lowest BCUT2D eigenvalue weighted by Crippen LogP contribution is -1.99. The third-order valence-electron chi connectivity index (χ3n) is 2.88. The summed E-state index contributed by atoms with van der Waals surface area (Å²) in [6.45, 7) is 4.18. The van der Waals surface area contributed by atoms with E-state index >= 15 is 0 Å². The van der Waals surface area contributed by atoms with Crippen LogP contribution in [-0.4, -0.2) is 19.6 Å². The number of aryl methyl sites for hydroxylation is 2. The molecule has 0 spiro atoms. The van der Waals surface area contributed by atoms with Crippen LogP contribution in [0, 0.1) is 6.92 Å². The summed E-state index contributed by atoms with van der Waals surface area (Å²) < 4.78 is 1.78. The minimum Gasteiger partial charge on any atom is -0.216 e. The lowest BCUT2D eigenvalue weighted by atomic mass is 10.2. The maximum Gasteiger partial charge on any atom is 0.253 e. The predicted molar refractivity (Wildman–Crippen MR) is 75.5 cm³/mol. The van der Waals surface area contributed by atoms with E-state index in [4.69, 9.17) is 0 Å². The van der Waals surface area contributed by atoms with E-state index in [9.17, 15) is 0 Å². The van der Waals surface area contributed by atoms with Crippen molar-refractivity contribution in [1.29, 1.82) is 0 Å². The Kier molecular flexibility index (Phi) is 3.21. The molecule has 0 aliphatic rings. The summed E-state index contributed by atoms with van der Waals surface area (Å²) in [7, 11) is 0. The molecule has 19 heavy (non-hydrogen) atoms. The molecule has 0 aliphatic heterocycles. The Morgan fingerprint density at radius 3 is 2.74 bits per heavy atom. The van der Waals surface area contributed by atoms with Gasteiger partial charge in [-0.3, -0.25) is 0 Å². The molecule has 96 valence electrons. The molecule has 0 aliphatic carbocycles. The van der Waals surface area contributed by atoms with Gasteiger partial charge in [-0.2, -0.15) is 14.6 Å². The number of hydrogen-bond acceptors (Lipinski definition) is 4. The molecule has 0 bridgehead atoms. The Hall–Kier alpha value is -1.88. The summed E-state index contributed by atoms with van der Waals surface area (Å²) in [4.78, 5) is 9.81. The highest BCUT2D eigenvalue weighted by Gasteiger charge is 2.08. The number of benzene rings is 1. The van der Waals surface area contributed by atoms with Crippen molar-refractivity contribution in [3.8, 4) is 0 Å². The van der Waals surface area contributed by atoms with Gasteiger partial charge in [0.1, 0.15) is 11.4 Å². The maximum absolute atomic E-state index is 4.45. The third kappa shape index (κ3) is 2.46. The van der Waals surface area contributed by atoms with Crippen LogP contribution in [0.4, 0.5) is 0 Å². The molecule has 2 heterocycles. The molecule has 1 aromatic carbocycles. The minimum absolute atomic E-state index is 0.661. The molecule has 0 radical (unpaired) electrons. The first-order valence-electron chi connectivity index (χ1n) is 6.20. The predicted octanol–water partition coefficient (Wildman–Crippen LogP) is 3.15. The Bertz CT molecular complexity index is 703. The second-order valence-corrected chi connectivity index (χ2v) is 5.42. The van der Waals surface area contributed by atoms with Crippen LogP contribution in [-0.2, 0) is 6.42 Å². The first-order chi connectivity index (χ1) is 9.26. The van der Waals surface area contributed by atoms with E-state index in [0.717, 1.165) is 17.1 Å². The minimum atomic E-state index is 0.661. The summed E-state index contributed by atoms with van der Waals surface area (Å²) in [5, 5.41) is 5.27. The Morgan fingerprint density at radius 1 is 1.21 bits per heavy atom. The fourth-order valence-corrected chi connectivity index (χ4v) is 2.74. The van der Waals surface area contributed by atoms with Crippen LogP contribution in [0.1, 0.15) is 18.2 Å². The van der Waals surface area contributed by atoms with Gasteiger partial charge in [0.05, 0.1) is 0 Å². The van der Waals surface area contributed by atoms with E-state index in [1.807, 2.05) is 0 Å². The smallest absolute Gasteiger partial charge is 0.216 e. The highest BCUT2D eigenvalue weighted by atomic mass is 32.2. The summed E-state index contributed by atoms with van der Waals surface area (Å²) in [5.74, 6) is 0.661. The SMILES string of the molecule is CCc1cc(Sc2ccc(C)cc2)n2ncnc2n1. The average Bonchev–Trinajstić information content (AvgIpc) is 2.89. The van der Waals surface area contributed by atoms with Crippen molar-refractivity contribution in [3.63, 3.8) is 0 Å². The van der Waals surface area contributed by atoms with Crippen LogP contribution in [0.2, 0.25) is 0 Å². The zero-order valence-electron chi connectivity index (χ0n) is 10.9. The van der Waals surface area contributed by atoms with Crippen molar-refractivity contribution in [2.75, 3.05) is 0 Å². The highest BCUT2D eigenvalue weighted by Crippen LogP contribution is 2.28. The molecule has 0 amide bonds. The standard InChI is InChI=1S/C14H14N4S/c1-3-11-8-13(18-14(17-11)15-9-16-18)19-12-6-4-10(2)5-7-12/h4-9H,3H2,1-2H3. The summed E-state index contributed by atoms with van der Waals surface area (Å²) in [6.07, 6.45) is 2.44. The molecule has 3 aromatic rings. The molecule has 0 saturated heterocycles. The van der Waals surface area contributed by atoms with Gasteiger partial charge < -0.3 is 0 Å². The quantitative estimate of drug-likeness (QED) is 0.686.